The summed E-state index contributed by atoms with van der Waals surface area (Å²) in [6.45, 7) is 0. The number of amides is 1. The van der Waals surface area contributed by atoms with E-state index in [1.54, 1.807) is 30.3 Å². The van der Waals surface area contributed by atoms with Crippen LogP contribution in [0.4, 0.5) is 5.69 Å². The number of sulfonamides is 1. The van der Waals surface area contributed by atoms with Crippen LogP contribution < -0.4 is 14.9 Å². The summed E-state index contributed by atoms with van der Waals surface area (Å²) in [5.41, 5.74) is 4.13. The molecule has 0 aliphatic heterocycles. The van der Waals surface area contributed by atoms with Crippen molar-refractivity contribution in [1.82, 2.24) is 5.43 Å². The Morgan fingerprint density at radius 3 is 2.69 bits per heavy atom. The fourth-order valence-corrected chi connectivity index (χ4v) is 4.63. The summed E-state index contributed by atoms with van der Waals surface area (Å²) >= 11 is 0. The minimum Gasteiger partial charge on any atom is -0.497 e. The highest BCUT2D eigenvalue weighted by Gasteiger charge is 2.37. The number of hydrogen-bond acceptors (Lipinski definition) is 5. The van der Waals surface area contributed by atoms with Gasteiger partial charge in [0.05, 0.1) is 12.0 Å². The zero-order valence-corrected chi connectivity index (χ0v) is 16.6. The van der Waals surface area contributed by atoms with E-state index >= 15 is 0 Å². The molecule has 0 spiro atoms. The minimum atomic E-state index is -3.84. The molecule has 2 aliphatic carbocycles. The van der Waals surface area contributed by atoms with Gasteiger partial charge in [0.15, 0.2) is 0 Å². The molecular weight excluding hydrogens is 390 g/mol. The largest absolute Gasteiger partial charge is 0.497 e. The number of hydrazone groups is 1. The number of rotatable bonds is 6. The molecule has 150 valence electrons. The van der Waals surface area contributed by atoms with E-state index in [4.69, 9.17) is 4.74 Å². The molecule has 2 aromatic carbocycles. The number of hydrogen-bond donors (Lipinski definition) is 2. The highest BCUT2D eigenvalue weighted by Crippen LogP contribution is 2.40. The van der Waals surface area contributed by atoms with Gasteiger partial charge in [-0.15, -0.1) is 0 Å². The highest BCUT2D eigenvalue weighted by atomic mass is 32.2. The number of carbonyl (C=O) groups is 1. The lowest BCUT2D eigenvalue weighted by Crippen LogP contribution is -2.35. The van der Waals surface area contributed by atoms with Crippen LogP contribution in [0.2, 0.25) is 0 Å². The molecule has 8 heteroatoms. The van der Waals surface area contributed by atoms with Crippen molar-refractivity contribution in [2.45, 2.75) is 17.7 Å². The maximum absolute atomic E-state index is 12.7. The maximum Gasteiger partial charge on any atom is 0.271 e. The molecular formula is C21H21N3O4S. The second-order valence-electron chi connectivity index (χ2n) is 7.06. The molecule has 0 bridgehead atoms. The molecule has 2 aliphatic rings. The fourth-order valence-electron chi connectivity index (χ4n) is 3.53. The molecule has 2 atom stereocenters. The molecule has 1 fully saturated rings. The van der Waals surface area contributed by atoms with Crippen LogP contribution in [0, 0.1) is 11.8 Å². The highest BCUT2D eigenvalue weighted by molar-refractivity contribution is 7.92. The van der Waals surface area contributed by atoms with Gasteiger partial charge < -0.3 is 4.74 Å². The standard InChI is InChI=1S/C21H21N3O4S/c1-28-17-10-8-16(9-11-17)24-29(26,27)18-6-2-5-15(12-18)21(25)23-22-20-13-14-4-3-7-19(14)20/h2-3,5-12,14,19,24H,4,13H2,1H3,(H,23,25)/b22-20-/t14-,19+/m0/s1. The monoisotopic (exact) mass is 411 g/mol. The number of anilines is 1. The van der Waals surface area contributed by atoms with Crippen molar-refractivity contribution in [3.63, 3.8) is 0 Å². The van der Waals surface area contributed by atoms with Crippen LogP contribution in [0.25, 0.3) is 0 Å². The van der Waals surface area contributed by atoms with E-state index < -0.39 is 15.9 Å². The first-order valence-electron chi connectivity index (χ1n) is 9.26. The maximum atomic E-state index is 12.7. The Morgan fingerprint density at radius 2 is 1.97 bits per heavy atom. The number of nitrogens with zero attached hydrogens (tertiary/aromatic N) is 1. The molecule has 0 radical (unpaired) electrons. The summed E-state index contributed by atoms with van der Waals surface area (Å²) < 4.78 is 32.9. The van der Waals surface area contributed by atoms with E-state index in [9.17, 15) is 13.2 Å². The van der Waals surface area contributed by atoms with Gasteiger partial charge >= 0.3 is 0 Å². The van der Waals surface area contributed by atoms with Gasteiger partial charge in [-0.05, 0) is 61.2 Å². The van der Waals surface area contributed by atoms with Crippen molar-refractivity contribution >= 4 is 27.3 Å². The van der Waals surface area contributed by atoms with E-state index in [1.807, 2.05) is 0 Å². The number of methoxy groups -OCH3 is 1. The van der Waals surface area contributed by atoms with Crippen molar-refractivity contribution in [3.8, 4) is 5.75 Å². The van der Waals surface area contributed by atoms with Crippen LogP contribution in [0.15, 0.2) is 70.7 Å². The average Bonchev–Trinajstić information content (AvgIpc) is 3.09. The molecule has 1 amide bonds. The lowest BCUT2D eigenvalue weighted by Gasteiger charge is -2.31. The van der Waals surface area contributed by atoms with Crippen LogP contribution in [0.5, 0.6) is 5.75 Å². The summed E-state index contributed by atoms with van der Waals surface area (Å²) in [5, 5.41) is 4.21. The first-order valence-corrected chi connectivity index (χ1v) is 10.7. The number of ether oxygens (including phenoxy) is 1. The van der Waals surface area contributed by atoms with E-state index in [2.05, 4.69) is 27.4 Å². The van der Waals surface area contributed by atoms with Crippen LogP contribution in [0.3, 0.4) is 0 Å². The molecule has 0 aromatic heterocycles. The van der Waals surface area contributed by atoms with Crippen molar-refractivity contribution in [1.29, 1.82) is 0 Å². The molecule has 29 heavy (non-hydrogen) atoms. The van der Waals surface area contributed by atoms with Crippen LogP contribution in [-0.2, 0) is 10.0 Å². The summed E-state index contributed by atoms with van der Waals surface area (Å²) in [6.07, 6.45) is 6.22. The van der Waals surface area contributed by atoms with Gasteiger partial charge in [-0.3, -0.25) is 9.52 Å². The van der Waals surface area contributed by atoms with E-state index in [0.29, 0.717) is 23.3 Å². The zero-order chi connectivity index (χ0) is 20.4. The number of allylic oxidation sites excluding steroid dienone is 2. The molecule has 4 rings (SSSR count). The normalized spacial score (nSPS) is 21.3. The van der Waals surface area contributed by atoms with Gasteiger partial charge in [0.2, 0.25) is 0 Å². The fraction of sp³-hybridized carbons (Fsp3) is 0.238. The Bertz CT molecular complexity index is 1090. The van der Waals surface area contributed by atoms with Gasteiger partial charge in [0, 0.05) is 22.9 Å². The van der Waals surface area contributed by atoms with E-state index in [1.165, 1.54) is 25.3 Å². The van der Waals surface area contributed by atoms with Crippen molar-refractivity contribution in [3.05, 3.63) is 66.2 Å². The second-order valence-corrected chi connectivity index (χ2v) is 8.74. The Morgan fingerprint density at radius 1 is 1.17 bits per heavy atom. The minimum absolute atomic E-state index is 0.00365. The van der Waals surface area contributed by atoms with Gasteiger partial charge in [0.1, 0.15) is 5.75 Å². The first kappa shape index (κ1) is 19.2. The number of carbonyl (C=O) groups excluding carboxylic acids is 1. The van der Waals surface area contributed by atoms with Crippen molar-refractivity contribution in [2.24, 2.45) is 16.9 Å². The number of benzene rings is 2. The van der Waals surface area contributed by atoms with Crippen LogP contribution in [0.1, 0.15) is 23.2 Å². The third-order valence-corrected chi connectivity index (χ3v) is 6.58. The summed E-state index contributed by atoms with van der Waals surface area (Å²) in [7, 11) is -2.31. The predicted molar refractivity (Wildman–Crippen MR) is 110 cm³/mol. The number of fused-ring (bicyclic) bond motifs is 1. The Hall–Kier alpha value is -3.13. The van der Waals surface area contributed by atoms with Gasteiger partial charge in [0.25, 0.3) is 15.9 Å². The van der Waals surface area contributed by atoms with Gasteiger partial charge in [-0.1, -0.05) is 18.2 Å². The quantitative estimate of drug-likeness (QED) is 0.564. The Labute approximate surface area is 169 Å². The van der Waals surface area contributed by atoms with Crippen molar-refractivity contribution < 1.29 is 17.9 Å². The third-order valence-electron chi connectivity index (χ3n) is 5.20. The zero-order valence-electron chi connectivity index (χ0n) is 15.8. The van der Waals surface area contributed by atoms with Gasteiger partial charge in [-0.25, -0.2) is 13.8 Å². The first-order chi connectivity index (χ1) is 14.0. The molecule has 2 aromatic rings. The molecule has 1 saturated carbocycles. The molecule has 2 N–H and O–H groups in total. The topological polar surface area (TPSA) is 96.9 Å². The lowest BCUT2D eigenvalue weighted by atomic mass is 9.74. The van der Waals surface area contributed by atoms with Gasteiger partial charge in [-0.2, -0.15) is 5.10 Å². The predicted octanol–water partition coefficient (Wildman–Crippen LogP) is 3.18. The number of nitrogens with one attached hydrogen (secondary N) is 2. The average molecular weight is 411 g/mol. The Kier molecular flexibility index (Phi) is 5.10. The molecule has 0 unspecified atom stereocenters. The summed E-state index contributed by atoms with van der Waals surface area (Å²) in [6, 6.07) is 12.4. The summed E-state index contributed by atoms with van der Waals surface area (Å²) in [4.78, 5) is 12.4. The van der Waals surface area contributed by atoms with E-state index in [-0.39, 0.29) is 10.5 Å². The van der Waals surface area contributed by atoms with Crippen LogP contribution in [-0.4, -0.2) is 27.1 Å². The van der Waals surface area contributed by atoms with E-state index in [0.717, 1.165) is 18.6 Å². The Balaban J connectivity index is 1.46. The summed E-state index contributed by atoms with van der Waals surface area (Å²) in [5.74, 6) is 1.13. The molecule has 0 heterocycles. The van der Waals surface area contributed by atoms with Crippen molar-refractivity contribution in [2.75, 3.05) is 11.8 Å². The molecule has 7 nitrogen and oxygen atoms in total. The van der Waals surface area contributed by atoms with Crippen LogP contribution >= 0.6 is 0 Å². The lowest BCUT2D eigenvalue weighted by molar-refractivity contribution is 0.0953. The third kappa shape index (κ3) is 4.02. The SMILES string of the molecule is COc1ccc(NS(=O)(=O)c2cccc(C(=O)N/N=C3/C[C@@H]4CC=C[C@@H]34)c2)cc1. The second kappa shape index (κ2) is 7.71. The smallest absolute Gasteiger partial charge is 0.271 e. The molecule has 0 saturated heterocycles.